The highest BCUT2D eigenvalue weighted by molar-refractivity contribution is 5.93. The van der Waals surface area contributed by atoms with Gasteiger partial charge in [-0.15, -0.1) is 0 Å². The third-order valence-corrected chi connectivity index (χ3v) is 2.06. The summed E-state index contributed by atoms with van der Waals surface area (Å²) in [6, 6.07) is 2.47. The minimum Gasteiger partial charge on any atom is -0.481 e. The predicted octanol–water partition coefficient (Wildman–Crippen LogP) is 0.875. The summed E-state index contributed by atoms with van der Waals surface area (Å²) >= 11 is 0. The number of hydrogen-bond acceptors (Lipinski definition) is 3. The molecular weight excluding hydrogens is 259 g/mol. The number of rotatable bonds is 5. The van der Waals surface area contributed by atoms with Gasteiger partial charge in [0.15, 0.2) is 0 Å². The number of carboxylic acid groups (broad SMARTS) is 2. The van der Waals surface area contributed by atoms with Crippen LogP contribution in [0.2, 0.25) is 0 Å². The summed E-state index contributed by atoms with van der Waals surface area (Å²) < 4.78 is 12.8. The molecule has 0 fully saturated rings. The third-order valence-electron chi connectivity index (χ3n) is 2.06. The van der Waals surface area contributed by atoms with Crippen molar-refractivity contribution in [1.29, 1.82) is 0 Å². The zero-order chi connectivity index (χ0) is 14.4. The molecule has 0 saturated carbocycles. The summed E-state index contributed by atoms with van der Waals surface area (Å²) in [5, 5.41) is 21.4. The molecule has 102 valence electrons. The van der Waals surface area contributed by atoms with Crippen LogP contribution in [0.4, 0.5) is 14.9 Å². The Morgan fingerprint density at radius 2 is 1.95 bits per heavy atom. The quantitative estimate of drug-likeness (QED) is 0.633. The Morgan fingerprint density at radius 3 is 2.47 bits per heavy atom. The standard InChI is InChI=1S/C11H11FN2O5/c12-6-2-1-3-7(4-6)13-11(19)14-8(10(17)18)5-9(15)16/h1-4,8H,5H2,(H,15,16)(H,17,18)(H2,13,14,19)/t8-/m1/s1. The van der Waals surface area contributed by atoms with Crippen LogP contribution < -0.4 is 10.6 Å². The zero-order valence-electron chi connectivity index (χ0n) is 9.59. The molecule has 0 spiro atoms. The number of anilines is 1. The lowest BCUT2D eigenvalue weighted by atomic mass is 10.2. The number of aliphatic carboxylic acids is 2. The van der Waals surface area contributed by atoms with E-state index in [1.54, 1.807) is 0 Å². The molecule has 19 heavy (non-hydrogen) atoms. The number of nitrogens with one attached hydrogen (secondary N) is 2. The van der Waals surface area contributed by atoms with Gasteiger partial charge in [-0.2, -0.15) is 0 Å². The molecule has 1 atom stereocenters. The molecule has 0 aliphatic carbocycles. The van der Waals surface area contributed by atoms with E-state index in [0.717, 1.165) is 6.07 Å². The van der Waals surface area contributed by atoms with Crippen molar-refractivity contribution in [1.82, 2.24) is 5.32 Å². The fraction of sp³-hybridized carbons (Fsp3) is 0.182. The van der Waals surface area contributed by atoms with Crippen LogP contribution in [0.1, 0.15) is 6.42 Å². The van der Waals surface area contributed by atoms with Gasteiger partial charge in [-0.25, -0.2) is 14.0 Å². The number of carbonyl (C=O) groups is 3. The van der Waals surface area contributed by atoms with Gasteiger partial charge in [0.25, 0.3) is 0 Å². The van der Waals surface area contributed by atoms with Crippen LogP contribution in [0.15, 0.2) is 24.3 Å². The summed E-state index contributed by atoms with van der Waals surface area (Å²) in [7, 11) is 0. The molecule has 2 amide bonds. The van der Waals surface area contributed by atoms with Crippen LogP contribution in [0.5, 0.6) is 0 Å². The molecule has 1 aromatic carbocycles. The lowest BCUT2D eigenvalue weighted by molar-refractivity contribution is -0.145. The summed E-state index contributed by atoms with van der Waals surface area (Å²) in [4.78, 5) is 32.5. The molecule has 0 aromatic heterocycles. The number of carbonyl (C=O) groups excluding carboxylic acids is 1. The molecule has 0 heterocycles. The van der Waals surface area contributed by atoms with Gasteiger partial charge in [-0.05, 0) is 18.2 Å². The minimum absolute atomic E-state index is 0.122. The third kappa shape index (κ3) is 5.02. The Bertz CT molecular complexity index is 506. The first-order chi connectivity index (χ1) is 8.88. The van der Waals surface area contributed by atoms with Gasteiger partial charge in [-0.1, -0.05) is 6.07 Å². The van der Waals surface area contributed by atoms with Crippen LogP contribution in [0.25, 0.3) is 0 Å². The first-order valence-electron chi connectivity index (χ1n) is 5.16. The van der Waals surface area contributed by atoms with Gasteiger partial charge < -0.3 is 20.8 Å². The van der Waals surface area contributed by atoms with Crippen molar-refractivity contribution < 1.29 is 29.0 Å². The Balaban J connectivity index is 2.62. The monoisotopic (exact) mass is 270 g/mol. The molecule has 8 heteroatoms. The van der Waals surface area contributed by atoms with E-state index in [4.69, 9.17) is 10.2 Å². The van der Waals surface area contributed by atoms with E-state index in [1.807, 2.05) is 5.32 Å². The van der Waals surface area contributed by atoms with Gasteiger partial charge >= 0.3 is 18.0 Å². The number of carboxylic acids is 2. The highest BCUT2D eigenvalue weighted by Gasteiger charge is 2.22. The maximum absolute atomic E-state index is 12.8. The maximum Gasteiger partial charge on any atom is 0.326 e. The Labute approximate surface area is 107 Å². The average molecular weight is 270 g/mol. The Hall–Kier alpha value is -2.64. The van der Waals surface area contributed by atoms with Crippen molar-refractivity contribution in [3.63, 3.8) is 0 Å². The predicted molar refractivity (Wildman–Crippen MR) is 62.2 cm³/mol. The summed E-state index contributed by atoms with van der Waals surface area (Å²) in [5.74, 6) is -3.41. The minimum atomic E-state index is -1.56. The first kappa shape index (κ1) is 14.4. The smallest absolute Gasteiger partial charge is 0.326 e. The van der Waals surface area contributed by atoms with E-state index in [9.17, 15) is 18.8 Å². The second-order valence-corrected chi connectivity index (χ2v) is 3.60. The summed E-state index contributed by atoms with van der Waals surface area (Å²) in [6.45, 7) is 0. The fourth-order valence-corrected chi connectivity index (χ4v) is 1.27. The molecule has 1 rings (SSSR count). The van der Waals surface area contributed by atoms with Crippen molar-refractivity contribution >= 4 is 23.7 Å². The van der Waals surface area contributed by atoms with Crippen molar-refractivity contribution in [2.24, 2.45) is 0 Å². The summed E-state index contributed by atoms with van der Waals surface area (Å²) in [6.07, 6.45) is -0.758. The molecule has 7 nitrogen and oxygen atoms in total. The molecule has 0 radical (unpaired) electrons. The maximum atomic E-state index is 12.8. The average Bonchev–Trinajstić information content (AvgIpc) is 2.27. The zero-order valence-corrected chi connectivity index (χ0v) is 9.59. The van der Waals surface area contributed by atoms with E-state index in [-0.39, 0.29) is 5.69 Å². The second kappa shape index (κ2) is 6.34. The molecular formula is C11H11FN2O5. The van der Waals surface area contributed by atoms with Crippen molar-refractivity contribution in [2.45, 2.75) is 12.5 Å². The Morgan fingerprint density at radius 1 is 1.26 bits per heavy atom. The highest BCUT2D eigenvalue weighted by Crippen LogP contribution is 2.08. The second-order valence-electron chi connectivity index (χ2n) is 3.60. The van der Waals surface area contributed by atoms with Crippen LogP contribution in [0, 0.1) is 5.82 Å². The summed E-state index contributed by atoms with van der Waals surface area (Å²) in [5.41, 5.74) is 0.122. The van der Waals surface area contributed by atoms with Crippen molar-refractivity contribution in [2.75, 3.05) is 5.32 Å². The fourth-order valence-electron chi connectivity index (χ4n) is 1.27. The molecule has 0 aliphatic rings. The molecule has 0 aliphatic heterocycles. The van der Waals surface area contributed by atoms with E-state index < -0.39 is 36.2 Å². The van der Waals surface area contributed by atoms with Crippen LogP contribution in [-0.4, -0.2) is 34.2 Å². The lowest BCUT2D eigenvalue weighted by Crippen LogP contribution is -2.44. The van der Waals surface area contributed by atoms with Gasteiger partial charge in [0.05, 0.1) is 6.42 Å². The van der Waals surface area contributed by atoms with Crippen molar-refractivity contribution in [3.8, 4) is 0 Å². The van der Waals surface area contributed by atoms with Gasteiger partial charge in [0.1, 0.15) is 11.9 Å². The molecule has 1 aromatic rings. The number of benzene rings is 1. The van der Waals surface area contributed by atoms with Crippen LogP contribution >= 0.6 is 0 Å². The topological polar surface area (TPSA) is 116 Å². The first-order valence-corrected chi connectivity index (χ1v) is 5.16. The number of amides is 2. The van der Waals surface area contributed by atoms with Crippen LogP contribution in [0.3, 0.4) is 0 Å². The molecule has 0 bridgehead atoms. The number of hydrogen-bond donors (Lipinski definition) is 4. The van der Waals surface area contributed by atoms with Crippen molar-refractivity contribution in [3.05, 3.63) is 30.1 Å². The normalized spacial score (nSPS) is 11.4. The van der Waals surface area contributed by atoms with Crippen LogP contribution in [-0.2, 0) is 9.59 Å². The molecule has 0 saturated heterocycles. The largest absolute Gasteiger partial charge is 0.481 e. The molecule has 4 N–H and O–H groups in total. The van der Waals surface area contributed by atoms with Gasteiger partial charge in [0.2, 0.25) is 0 Å². The van der Waals surface area contributed by atoms with Gasteiger partial charge in [-0.3, -0.25) is 4.79 Å². The highest BCUT2D eigenvalue weighted by atomic mass is 19.1. The molecule has 0 unspecified atom stereocenters. The lowest BCUT2D eigenvalue weighted by Gasteiger charge is -2.13. The van der Waals surface area contributed by atoms with E-state index >= 15 is 0 Å². The number of halogens is 1. The van der Waals surface area contributed by atoms with E-state index in [2.05, 4.69) is 5.32 Å². The van der Waals surface area contributed by atoms with E-state index in [1.165, 1.54) is 18.2 Å². The SMILES string of the molecule is O=C(O)C[C@@H](NC(=O)Nc1cccc(F)c1)C(=O)O. The van der Waals surface area contributed by atoms with E-state index in [0.29, 0.717) is 0 Å². The van der Waals surface area contributed by atoms with Gasteiger partial charge in [0, 0.05) is 5.69 Å². The number of urea groups is 1. The Kier molecular flexibility index (Phi) is 4.81.